The molecule has 1 aromatic rings. The summed E-state index contributed by atoms with van der Waals surface area (Å²) in [7, 11) is 0. The lowest BCUT2D eigenvalue weighted by atomic mass is 9.95. The zero-order chi connectivity index (χ0) is 10.9. The summed E-state index contributed by atoms with van der Waals surface area (Å²) >= 11 is 8.63. The lowest BCUT2D eigenvalue weighted by Crippen LogP contribution is -2.17. The van der Waals surface area contributed by atoms with Gasteiger partial charge < -0.3 is 4.98 Å². The third-order valence-corrected chi connectivity index (χ3v) is 3.41. The summed E-state index contributed by atoms with van der Waals surface area (Å²) in [5.41, 5.74) is 1.13. The van der Waals surface area contributed by atoms with Gasteiger partial charge in [-0.05, 0) is 22.4 Å². The van der Waals surface area contributed by atoms with Gasteiger partial charge in [0.25, 0.3) is 0 Å². The van der Waals surface area contributed by atoms with Crippen molar-refractivity contribution in [1.29, 1.82) is 0 Å². The molecule has 0 radical (unpaired) electrons. The van der Waals surface area contributed by atoms with Gasteiger partial charge in [-0.15, -0.1) is 0 Å². The fraction of sp³-hybridized carbons (Fsp3) is 0.600. The highest BCUT2D eigenvalue weighted by molar-refractivity contribution is 9.10. The Kier molecular flexibility index (Phi) is 3.48. The van der Waals surface area contributed by atoms with Crippen LogP contribution < -0.4 is 0 Å². The molecule has 1 rings (SSSR count). The van der Waals surface area contributed by atoms with Crippen LogP contribution in [0.4, 0.5) is 0 Å². The number of aryl methyl sites for hydroxylation is 1. The number of halogens is 1. The normalized spacial score (nSPS) is 11.8. The Labute approximate surface area is 98.3 Å². The predicted octanol–water partition coefficient (Wildman–Crippen LogP) is 3.76. The second-order valence-corrected chi connectivity index (χ2v) is 5.47. The Balaban J connectivity index is 3.38. The summed E-state index contributed by atoms with van der Waals surface area (Å²) in [5.74, 6) is 0.947. The minimum absolute atomic E-state index is 0.0121. The Morgan fingerprint density at radius 2 is 2.00 bits per heavy atom. The van der Waals surface area contributed by atoms with Crippen LogP contribution in [0.25, 0.3) is 0 Å². The maximum absolute atomic E-state index is 5.19. The number of aromatic nitrogens is 2. The zero-order valence-corrected chi connectivity index (χ0v) is 11.3. The Morgan fingerprint density at radius 1 is 1.43 bits per heavy atom. The fourth-order valence-electron chi connectivity index (χ4n) is 1.10. The van der Waals surface area contributed by atoms with E-state index in [4.69, 9.17) is 12.2 Å². The lowest BCUT2D eigenvalue weighted by molar-refractivity contribution is 0.539. The molecule has 0 bridgehead atoms. The van der Waals surface area contributed by atoms with E-state index in [1.54, 1.807) is 0 Å². The Morgan fingerprint density at radius 3 is 2.43 bits per heavy atom. The van der Waals surface area contributed by atoms with Crippen LogP contribution in [-0.2, 0) is 11.8 Å². The van der Waals surface area contributed by atoms with E-state index in [1.165, 1.54) is 0 Å². The molecule has 0 atom stereocenters. The molecule has 4 heteroatoms. The molecule has 2 nitrogen and oxygen atoms in total. The van der Waals surface area contributed by atoms with Crippen molar-refractivity contribution in [1.82, 2.24) is 9.97 Å². The van der Waals surface area contributed by atoms with Crippen molar-refractivity contribution in [3.8, 4) is 0 Å². The van der Waals surface area contributed by atoms with Gasteiger partial charge in [-0.25, -0.2) is 4.98 Å². The molecule has 0 spiro atoms. The number of nitrogens with one attached hydrogen (secondary N) is 1. The van der Waals surface area contributed by atoms with Crippen LogP contribution in [-0.4, -0.2) is 9.97 Å². The van der Waals surface area contributed by atoms with Crippen molar-refractivity contribution >= 4 is 28.1 Å². The molecule has 0 aliphatic rings. The van der Waals surface area contributed by atoms with Crippen LogP contribution in [0.15, 0.2) is 4.47 Å². The molecule has 0 unspecified atom stereocenters. The summed E-state index contributed by atoms with van der Waals surface area (Å²) in [6.07, 6.45) is 0.926. The van der Waals surface area contributed by atoms with Crippen LogP contribution in [0.5, 0.6) is 0 Å². The molecule has 0 saturated heterocycles. The number of hydrogen-bond donors (Lipinski definition) is 1. The molecule has 14 heavy (non-hydrogen) atoms. The first kappa shape index (κ1) is 11.9. The van der Waals surface area contributed by atoms with Crippen LogP contribution >= 0.6 is 28.1 Å². The van der Waals surface area contributed by atoms with Crippen molar-refractivity contribution in [2.45, 2.75) is 39.5 Å². The maximum atomic E-state index is 5.19. The van der Waals surface area contributed by atoms with Crippen LogP contribution in [0.1, 0.15) is 39.2 Å². The van der Waals surface area contributed by atoms with Crippen LogP contribution in [0.3, 0.4) is 0 Å². The summed E-state index contributed by atoms with van der Waals surface area (Å²) in [6.45, 7) is 8.45. The SMILES string of the molecule is CCc1[nH]c(C(C)(C)C)nc(=S)c1Br. The van der Waals surface area contributed by atoms with Gasteiger partial charge in [0.2, 0.25) is 0 Å². The fourth-order valence-corrected chi connectivity index (χ4v) is 1.79. The lowest BCUT2D eigenvalue weighted by Gasteiger charge is -2.18. The molecule has 1 N–H and O–H groups in total. The van der Waals surface area contributed by atoms with E-state index in [0.29, 0.717) is 4.64 Å². The van der Waals surface area contributed by atoms with E-state index < -0.39 is 0 Å². The van der Waals surface area contributed by atoms with Gasteiger partial charge in [-0.3, -0.25) is 0 Å². The standard InChI is InChI=1S/C10H15BrN2S/c1-5-6-7(11)8(14)13-9(12-6)10(2,3)4/h5H2,1-4H3,(H,12,13,14). The molecule has 0 aliphatic carbocycles. The quantitative estimate of drug-likeness (QED) is 0.790. The summed E-state index contributed by atoms with van der Waals surface area (Å²) in [5, 5.41) is 0. The van der Waals surface area contributed by atoms with E-state index in [1.807, 2.05) is 0 Å². The minimum atomic E-state index is 0.0121. The maximum Gasteiger partial charge on any atom is 0.144 e. The molecular formula is C10H15BrN2S. The first-order valence-electron chi connectivity index (χ1n) is 4.65. The molecule has 1 aromatic heterocycles. The monoisotopic (exact) mass is 274 g/mol. The summed E-state index contributed by atoms with van der Waals surface area (Å²) in [6, 6.07) is 0. The van der Waals surface area contributed by atoms with E-state index in [9.17, 15) is 0 Å². The van der Waals surface area contributed by atoms with Crippen molar-refractivity contribution in [2.24, 2.45) is 0 Å². The van der Waals surface area contributed by atoms with Gasteiger partial charge >= 0.3 is 0 Å². The largest absolute Gasteiger partial charge is 0.346 e. The van der Waals surface area contributed by atoms with E-state index in [2.05, 4.69) is 53.6 Å². The van der Waals surface area contributed by atoms with Gasteiger partial charge in [0.15, 0.2) is 0 Å². The first-order chi connectivity index (χ1) is 6.36. The second-order valence-electron chi connectivity index (χ2n) is 4.29. The van der Waals surface area contributed by atoms with Gasteiger partial charge in [0.1, 0.15) is 10.5 Å². The average molecular weight is 275 g/mol. The zero-order valence-electron chi connectivity index (χ0n) is 8.94. The Hall–Kier alpha value is -0.220. The number of nitrogens with zero attached hydrogens (tertiary/aromatic N) is 1. The van der Waals surface area contributed by atoms with Crippen molar-refractivity contribution in [2.75, 3.05) is 0 Å². The average Bonchev–Trinajstić information content (AvgIpc) is 2.07. The topological polar surface area (TPSA) is 28.7 Å². The molecule has 0 aromatic carbocycles. The van der Waals surface area contributed by atoms with Gasteiger partial charge in [-0.1, -0.05) is 39.9 Å². The third kappa shape index (κ3) is 2.42. The smallest absolute Gasteiger partial charge is 0.144 e. The predicted molar refractivity (Wildman–Crippen MR) is 65.2 cm³/mol. The molecule has 0 aliphatic heterocycles. The Bertz CT molecular complexity index is 390. The molecule has 0 saturated carbocycles. The second kappa shape index (κ2) is 4.11. The van der Waals surface area contributed by atoms with Crippen molar-refractivity contribution < 1.29 is 0 Å². The van der Waals surface area contributed by atoms with E-state index in [0.717, 1.165) is 22.4 Å². The number of rotatable bonds is 1. The number of aromatic amines is 1. The van der Waals surface area contributed by atoms with Crippen LogP contribution in [0, 0.1) is 4.64 Å². The highest BCUT2D eigenvalue weighted by atomic mass is 79.9. The molecule has 1 heterocycles. The molecule has 78 valence electrons. The number of H-pyrrole nitrogens is 1. The highest BCUT2D eigenvalue weighted by Gasteiger charge is 2.17. The minimum Gasteiger partial charge on any atom is -0.346 e. The van der Waals surface area contributed by atoms with Gasteiger partial charge in [0.05, 0.1) is 4.47 Å². The van der Waals surface area contributed by atoms with Crippen molar-refractivity contribution in [3.05, 3.63) is 20.6 Å². The summed E-state index contributed by atoms with van der Waals surface area (Å²) < 4.78 is 1.56. The summed E-state index contributed by atoms with van der Waals surface area (Å²) in [4.78, 5) is 7.68. The number of hydrogen-bond acceptors (Lipinski definition) is 2. The third-order valence-electron chi connectivity index (χ3n) is 2.00. The van der Waals surface area contributed by atoms with Crippen molar-refractivity contribution in [3.63, 3.8) is 0 Å². The van der Waals surface area contributed by atoms with E-state index >= 15 is 0 Å². The van der Waals surface area contributed by atoms with Gasteiger partial charge in [-0.2, -0.15) is 0 Å². The van der Waals surface area contributed by atoms with E-state index in [-0.39, 0.29) is 5.41 Å². The first-order valence-corrected chi connectivity index (χ1v) is 5.85. The highest BCUT2D eigenvalue weighted by Crippen LogP contribution is 2.22. The van der Waals surface area contributed by atoms with Crippen LogP contribution in [0.2, 0.25) is 0 Å². The molecule has 0 fully saturated rings. The molecule has 0 amide bonds. The van der Waals surface area contributed by atoms with Gasteiger partial charge in [0, 0.05) is 11.1 Å². The molecular weight excluding hydrogens is 260 g/mol.